The Labute approximate surface area is 303 Å². The third-order valence-corrected chi connectivity index (χ3v) is 11.4. The van der Waals surface area contributed by atoms with Crippen molar-refractivity contribution in [2.75, 3.05) is 32.8 Å². The number of sulfonamides is 2. The molecule has 3 aromatic rings. The fourth-order valence-corrected chi connectivity index (χ4v) is 8.12. The maximum absolute atomic E-state index is 13.8. The molecule has 286 valence electrons. The predicted molar refractivity (Wildman–Crippen MR) is 189 cm³/mol. The lowest BCUT2D eigenvalue weighted by Gasteiger charge is -2.38. The zero-order valence-corrected chi connectivity index (χ0v) is 31.8. The van der Waals surface area contributed by atoms with E-state index in [1.807, 2.05) is 0 Å². The molecule has 18 heteroatoms. The molecule has 1 aromatic carbocycles. The van der Waals surface area contributed by atoms with Gasteiger partial charge in [-0.2, -0.15) is 4.31 Å². The lowest BCUT2D eigenvalue weighted by molar-refractivity contribution is -0.0329. The van der Waals surface area contributed by atoms with Gasteiger partial charge in [-0.05, 0) is 85.1 Å². The van der Waals surface area contributed by atoms with Gasteiger partial charge in [0.2, 0.25) is 20.0 Å². The summed E-state index contributed by atoms with van der Waals surface area (Å²) in [4.78, 5) is 31.7. The van der Waals surface area contributed by atoms with E-state index in [9.17, 15) is 31.5 Å². The Morgan fingerprint density at radius 2 is 1.71 bits per heavy atom. The maximum atomic E-state index is 13.8. The Hall–Kier alpha value is -3.81. The number of pyridine rings is 1. The van der Waals surface area contributed by atoms with Crippen LogP contribution in [0.25, 0.3) is 11.0 Å². The summed E-state index contributed by atoms with van der Waals surface area (Å²) < 4.78 is 76.6. The average Bonchev–Trinajstić information content (AvgIpc) is 3.65. The Bertz CT molecular complexity index is 2010. The molecule has 2 aliphatic rings. The Morgan fingerprint density at radius 1 is 1.04 bits per heavy atom. The molecular weight excluding hydrogens is 719 g/mol. The van der Waals surface area contributed by atoms with Gasteiger partial charge in [-0.1, -0.05) is 6.07 Å². The molecule has 0 unspecified atom stereocenters. The van der Waals surface area contributed by atoms with Crippen molar-refractivity contribution in [1.29, 1.82) is 0 Å². The van der Waals surface area contributed by atoms with Crippen LogP contribution in [0, 0.1) is 0 Å². The van der Waals surface area contributed by atoms with Crippen LogP contribution in [0.1, 0.15) is 60.8 Å². The third-order valence-electron chi connectivity index (χ3n) is 8.62. The fraction of sp³-hybridized carbons (Fsp3) is 0.559. The second-order valence-electron chi connectivity index (χ2n) is 15.1. The first-order valence-corrected chi connectivity index (χ1v) is 19.8. The molecule has 2 saturated heterocycles. The van der Waals surface area contributed by atoms with Gasteiger partial charge in [0.1, 0.15) is 34.6 Å². The number of aliphatic hydroxyl groups is 1. The summed E-state index contributed by atoms with van der Waals surface area (Å²) in [7, 11) is -7.96. The summed E-state index contributed by atoms with van der Waals surface area (Å²) in [6.45, 7) is 10.4. The van der Waals surface area contributed by atoms with Crippen LogP contribution in [-0.2, 0) is 34.3 Å². The van der Waals surface area contributed by atoms with Gasteiger partial charge in [-0.3, -0.25) is 9.55 Å². The lowest BCUT2D eigenvalue weighted by atomic mass is 9.88. The number of carbonyl (C=O) groups is 2. The van der Waals surface area contributed by atoms with Crippen molar-refractivity contribution in [2.24, 2.45) is 5.14 Å². The number of ether oxygens (including phenoxy) is 4. The lowest BCUT2D eigenvalue weighted by Crippen LogP contribution is -2.50. The second-order valence-corrected chi connectivity index (χ2v) is 18.6. The van der Waals surface area contributed by atoms with Crippen LogP contribution >= 0.6 is 0 Å². The summed E-state index contributed by atoms with van der Waals surface area (Å²) in [5.41, 5.74) is -1.55. The van der Waals surface area contributed by atoms with Crippen LogP contribution in [0.4, 0.5) is 9.59 Å². The van der Waals surface area contributed by atoms with Gasteiger partial charge in [0.05, 0.1) is 40.7 Å². The Balaban J connectivity index is 1.25. The van der Waals surface area contributed by atoms with E-state index in [1.165, 1.54) is 56.5 Å². The van der Waals surface area contributed by atoms with Gasteiger partial charge in [-0.15, -0.1) is 0 Å². The molecule has 2 aliphatic heterocycles. The van der Waals surface area contributed by atoms with Gasteiger partial charge in [0.25, 0.3) is 0 Å². The van der Waals surface area contributed by atoms with E-state index in [0.29, 0.717) is 30.3 Å². The van der Waals surface area contributed by atoms with E-state index in [1.54, 1.807) is 47.6 Å². The van der Waals surface area contributed by atoms with Crippen LogP contribution in [0.5, 0.6) is 5.75 Å². The molecule has 16 nitrogen and oxygen atoms in total. The molecule has 2 atom stereocenters. The Morgan fingerprint density at radius 3 is 2.35 bits per heavy atom. The third kappa shape index (κ3) is 9.40. The van der Waals surface area contributed by atoms with E-state index < -0.39 is 61.2 Å². The topological polar surface area (TPSA) is 210 Å². The SMILES string of the molecule is CC(C)(C)OC(=O)N(C[C@H](O)COc1cccc(S(N)(=O)=O)c1)[C@H]1COC2(CCN(S(=O)(=O)c3cnc4ccn(C(=O)OC(C)(C)C)c4c3)CC2)C1. The van der Waals surface area contributed by atoms with E-state index in [2.05, 4.69) is 4.98 Å². The first-order chi connectivity index (χ1) is 24.1. The first kappa shape index (κ1) is 39.4. The molecule has 0 aliphatic carbocycles. The molecule has 1 spiro atoms. The molecule has 3 N–H and O–H groups in total. The van der Waals surface area contributed by atoms with Crippen molar-refractivity contribution in [3.8, 4) is 5.75 Å². The molecule has 5 rings (SSSR count). The number of primary sulfonamides is 1. The van der Waals surface area contributed by atoms with Crippen LogP contribution in [0.2, 0.25) is 0 Å². The minimum atomic E-state index is -4.00. The van der Waals surface area contributed by atoms with E-state index >= 15 is 0 Å². The number of hydrogen-bond acceptors (Lipinski definition) is 12. The highest BCUT2D eigenvalue weighted by Gasteiger charge is 2.48. The summed E-state index contributed by atoms with van der Waals surface area (Å²) >= 11 is 0. The number of aromatic nitrogens is 2. The number of amides is 1. The van der Waals surface area contributed by atoms with Gasteiger partial charge in [0.15, 0.2) is 0 Å². The largest absolute Gasteiger partial charge is 0.491 e. The first-order valence-electron chi connectivity index (χ1n) is 16.8. The van der Waals surface area contributed by atoms with Crippen molar-refractivity contribution >= 4 is 43.3 Å². The van der Waals surface area contributed by atoms with Crippen LogP contribution < -0.4 is 9.88 Å². The van der Waals surface area contributed by atoms with Crippen molar-refractivity contribution < 1.29 is 50.5 Å². The quantitative estimate of drug-likeness (QED) is 0.321. The smallest absolute Gasteiger partial charge is 0.419 e. The standard InChI is InChI=1S/C34H47N5O11S2/c1-32(2,3)49-30(41)38-13-10-28-29(38)17-27(19-36-28)52(45,46)37-14-11-34(12-15-37)18-23(21-48-34)39(31(42)50-33(4,5)6)20-24(40)22-47-25-8-7-9-26(16-25)51(35,43)44/h7-10,13,16-17,19,23-24,40H,11-12,14-15,18,20-22H2,1-6H3,(H2,35,43,44)/t23-,24+/m1/s1. The van der Waals surface area contributed by atoms with Crippen LogP contribution in [0.3, 0.4) is 0 Å². The minimum absolute atomic E-state index is 0.0617. The highest BCUT2D eigenvalue weighted by molar-refractivity contribution is 7.89. The number of piperidine rings is 1. The number of hydrogen-bond donors (Lipinski definition) is 2. The van der Waals surface area contributed by atoms with E-state index in [4.69, 9.17) is 24.1 Å². The van der Waals surface area contributed by atoms with Crippen molar-refractivity contribution in [2.45, 2.75) is 99.5 Å². The van der Waals surface area contributed by atoms with Crippen molar-refractivity contribution in [3.05, 3.63) is 48.8 Å². The van der Waals surface area contributed by atoms with E-state index in [-0.39, 0.29) is 48.4 Å². The molecule has 2 fully saturated rings. The van der Waals surface area contributed by atoms with Crippen LogP contribution in [0.15, 0.2) is 58.6 Å². The molecule has 2 aromatic heterocycles. The number of aliphatic hydroxyl groups excluding tert-OH is 1. The number of fused-ring (bicyclic) bond motifs is 1. The number of nitrogens with zero attached hydrogens (tertiary/aromatic N) is 4. The molecule has 0 saturated carbocycles. The molecule has 52 heavy (non-hydrogen) atoms. The monoisotopic (exact) mass is 765 g/mol. The molecular formula is C34H47N5O11S2. The molecule has 1 amide bonds. The average molecular weight is 766 g/mol. The number of carbonyl (C=O) groups excluding carboxylic acids is 2. The number of nitrogens with two attached hydrogens (primary N) is 1. The highest BCUT2D eigenvalue weighted by atomic mass is 32.2. The second kappa shape index (κ2) is 14.5. The molecule has 0 radical (unpaired) electrons. The zero-order valence-electron chi connectivity index (χ0n) is 30.1. The normalized spacial score (nSPS) is 19.0. The summed E-state index contributed by atoms with van der Waals surface area (Å²) in [6, 6.07) is 8.07. The van der Waals surface area contributed by atoms with Crippen LogP contribution in [-0.4, -0.2) is 115 Å². The van der Waals surface area contributed by atoms with Crippen molar-refractivity contribution in [1.82, 2.24) is 18.8 Å². The summed E-state index contributed by atoms with van der Waals surface area (Å²) in [5.74, 6) is 0.173. The molecule has 4 heterocycles. The van der Waals surface area contributed by atoms with Crippen molar-refractivity contribution in [3.63, 3.8) is 0 Å². The van der Waals surface area contributed by atoms with Gasteiger partial charge in [-0.25, -0.2) is 31.6 Å². The maximum Gasteiger partial charge on any atom is 0.419 e. The Kier molecular flexibility index (Phi) is 11.0. The number of rotatable bonds is 9. The minimum Gasteiger partial charge on any atom is -0.491 e. The highest BCUT2D eigenvalue weighted by Crippen LogP contribution is 2.39. The van der Waals surface area contributed by atoms with Gasteiger partial charge < -0.3 is 29.0 Å². The van der Waals surface area contributed by atoms with Gasteiger partial charge >= 0.3 is 12.2 Å². The summed E-state index contributed by atoms with van der Waals surface area (Å²) in [6.07, 6.45) is 1.34. The van der Waals surface area contributed by atoms with Gasteiger partial charge in [0, 0.05) is 31.5 Å². The molecule has 0 bridgehead atoms. The predicted octanol–water partition coefficient (Wildman–Crippen LogP) is 3.46. The summed E-state index contributed by atoms with van der Waals surface area (Å²) in [5, 5.41) is 16.1. The van der Waals surface area contributed by atoms with E-state index in [0.717, 1.165) is 0 Å². The number of benzene rings is 1. The zero-order chi connectivity index (χ0) is 38.3. The fourth-order valence-electron chi connectivity index (χ4n) is 6.16.